The van der Waals surface area contributed by atoms with E-state index in [1.54, 1.807) is 24.3 Å². The summed E-state index contributed by atoms with van der Waals surface area (Å²) in [7, 11) is 0. The van der Waals surface area contributed by atoms with E-state index in [1.807, 2.05) is 0 Å². The first-order valence-corrected chi connectivity index (χ1v) is 9.80. The van der Waals surface area contributed by atoms with E-state index in [2.05, 4.69) is 25.7 Å². The molecule has 3 aromatic carbocycles. The fourth-order valence-electron chi connectivity index (χ4n) is 3.24. The number of para-hydroxylation sites is 1. The molecule has 0 aliphatic rings. The summed E-state index contributed by atoms with van der Waals surface area (Å²) >= 11 is 0. The summed E-state index contributed by atoms with van der Waals surface area (Å²) in [6.45, 7) is 0. The van der Waals surface area contributed by atoms with Crippen LogP contribution in [0.5, 0.6) is 11.5 Å². The van der Waals surface area contributed by atoms with Crippen molar-refractivity contribution in [2.75, 3.05) is 10.6 Å². The molecule has 0 aliphatic heterocycles. The third kappa shape index (κ3) is 3.97. The number of hydrogen-bond donors (Lipinski definition) is 4. The van der Waals surface area contributed by atoms with Crippen molar-refractivity contribution in [2.45, 2.75) is 0 Å². The van der Waals surface area contributed by atoms with Gasteiger partial charge in [0.1, 0.15) is 28.8 Å². The molecule has 5 aromatic rings. The predicted octanol–water partition coefficient (Wildman–Crippen LogP) is 4.99. The normalized spacial score (nSPS) is 11.0. The second-order valence-corrected chi connectivity index (χ2v) is 7.10. The first-order chi connectivity index (χ1) is 16.0. The Labute approximate surface area is 185 Å². The highest BCUT2D eigenvalue weighted by Gasteiger charge is 2.18. The molecule has 5 rings (SSSR count). The highest BCUT2D eigenvalue weighted by molar-refractivity contribution is 5.90. The van der Waals surface area contributed by atoms with Crippen LogP contribution in [0.2, 0.25) is 0 Å². The third-order valence-electron chi connectivity index (χ3n) is 4.85. The van der Waals surface area contributed by atoms with E-state index >= 15 is 0 Å². The molecule has 0 fully saturated rings. The Balaban J connectivity index is 1.62. The molecular formula is C23H16F2N6O2. The number of fused-ring (bicyclic) bond motifs is 1. The molecule has 10 heteroatoms. The van der Waals surface area contributed by atoms with Gasteiger partial charge in [-0.15, -0.1) is 5.10 Å². The standard InChI is InChI=1S/C23H16F2N6O2/c24-18-2-1-3-19(25)20(18)28-21-17-12-26-23(27-13-4-8-15(32)9-5-13)29-22(17)31(30-21)14-6-10-16(33)11-7-14/h1-12,32-33H,(H,28,30)(H,26,27,29). The number of halogens is 2. The van der Waals surface area contributed by atoms with E-state index in [0.29, 0.717) is 22.4 Å². The number of aromatic nitrogens is 4. The van der Waals surface area contributed by atoms with Gasteiger partial charge in [-0.25, -0.2) is 18.4 Å². The SMILES string of the molecule is Oc1ccc(Nc2ncc3c(Nc4c(F)cccc4F)nn(-c4ccc(O)cc4)c3n2)cc1. The van der Waals surface area contributed by atoms with Crippen LogP contribution in [0.4, 0.5) is 31.9 Å². The number of hydrogen-bond acceptors (Lipinski definition) is 7. The van der Waals surface area contributed by atoms with Crippen molar-refractivity contribution in [1.82, 2.24) is 19.7 Å². The number of nitrogens with zero attached hydrogens (tertiary/aromatic N) is 4. The minimum atomic E-state index is -0.770. The van der Waals surface area contributed by atoms with Crippen LogP contribution < -0.4 is 10.6 Å². The van der Waals surface area contributed by atoms with Gasteiger partial charge < -0.3 is 20.8 Å². The van der Waals surface area contributed by atoms with E-state index < -0.39 is 11.6 Å². The van der Waals surface area contributed by atoms with Gasteiger partial charge in [0.2, 0.25) is 5.95 Å². The number of nitrogens with one attached hydrogen (secondary N) is 2. The molecule has 0 radical (unpaired) electrons. The van der Waals surface area contributed by atoms with Crippen LogP contribution in [0.3, 0.4) is 0 Å². The Kier molecular flexibility index (Phi) is 4.94. The van der Waals surface area contributed by atoms with Crippen molar-refractivity contribution in [1.29, 1.82) is 0 Å². The summed E-state index contributed by atoms with van der Waals surface area (Å²) in [6.07, 6.45) is 1.48. The van der Waals surface area contributed by atoms with Crippen molar-refractivity contribution in [3.05, 3.63) is 84.6 Å². The van der Waals surface area contributed by atoms with Gasteiger partial charge in [-0.05, 0) is 60.7 Å². The third-order valence-corrected chi connectivity index (χ3v) is 4.85. The maximum absolute atomic E-state index is 14.2. The van der Waals surface area contributed by atoms with E-state index in [-0.39, 0.29) is 29.0 Å². The quantitative estimate of drug-likeness (QED) is 0.282. The van der Waals surface area contributed by atoms with Gasteiger partial charge in [0.05, 0.1) is 11.1 Å². The van der Waals surface area contributed by atoms with Crippen molar-refractivity contribution >= 4 is 34.2 Å². The number of phenols is 2. The van der Waals surface area contributed by atoms with Crippen LogP contribution in [0.25, 0.3) is 16.7 Å². The fourth-order valence-corrected chi connectivity index (χ4v) is 3.24. The largest absolute Gasteiger partial charge is 0.508 e. The lowest BCUT2D eigenvalue weighted by molar-refractivity contribution is 0.474. The molecule has 0 unspecified atom stereocenters. The van der Waals surface area contributed by atoms with Crippen LogP contribution >= 0.6 is 0 Å². The number of benzene rings is 3. The summed E-state index contributed by atoms with van der Waals surface area (Å²) < 4.78 is 29.9. The maximum atomic E-state index is 14.2. The van der Waals surface area contributed by atoms with Crippen molar-refractivity contribution in [2.24, 2.45) is 0 Å². The van der Waals surface area contributed by atoms with Crippen LogP contribution in [-0.2, 0) is 0 Å². The summed E-state index contributed by atoms with van der Waals surface area (Å²) in [4.78, 5) is 8.81. The monoisotopic (exact) mass is 446 g/mol. The van der Waals surface area contributed by atoms with Crippen molar-refractivity contribution < 1.29 is 19.0 Å². The zero-order valence-corrected chi connectivity index (χ0v) is 16.9. The topological polar surface area (TPSA) is 108 Å². The summed E-state index contributed by atoms with van der Waals surface area (Å²) in [5.74, 6) is -0.942. The Morgan fingerprint density at radius 1 is 0.788 bits per heavy atom. The smallest absolute Gasteiger partial charge is 0.229 e. The second-order valence-electron chi connectivity index (χ2n) is 7.10. The lowest BCUT2D eigenvalue weighted by Gasteiger charge is -2.07. The molecule has 8 nitrogen and oxygen atoms in total. The van der Waals surface area contributed by atoms with Gasteiger partial charge in [0.15, 0.2) is 11.5 Å². The molecule has 164 valence electrons. The van der Waals surface area contributed by atoms with E-state index in [4.69, 9.17) is 0 Å². The Morgan fingerprint density at radius 2 is 1.42 bits per heavy atom. The highest BCUT2D eigenvalue weighted by Crippen LogP contribution is 2.30. The Hall–Kier alpha value is -4.73. The maximum Gasteiger partial charge on any atom is 0.229 e. The zero-order valence-electron chi connectivity index (χ0n) is 16.9. The highest BCUT2D eigenvalue weighted by atomic mass is 19.1. The van der Waals surface area contributed by atoms with Crippen LogP contribution in [-0.4, -0.2) is 30.0 Å². The number of rotatable bonds is 5. The van der Waals surface area contributed by atoms with Gasteiger partial charge in [0.25, 0.3) is 0 Å². The predicted molar refractivity (Wildman–Crippen MR) is 119 cm³/mol. The molecule has 33 heavy (non-hydrogen) atoms. The lowest BCUT2D eigenvalue weighted by Crippen LogP contribution is -2.01. The molecule has 4 N–H and O–H groups in total. The van der Waals surface area contributed by atoms with Gasteiger partial charge in [0, 0.05) is 11.9 Å². The Bertz CT molecular complexity index is 1430. The second kappa shape index (κ2) is 8.08. The molecular weight excluding hydrogens is 430 g/mol. The average molecular weight is 446 g/mol. The number of aromatic hydroxyl groups is 2. The van der Waals surface area contributed by atoms with Gasteiger partial charge in [-0.3, -0.25) is 0 Å². The van der Waals surface area contributed by atoms with Crippen LogP contribution in [0.15, 0.2) is 72.9 Å². The Morgan fingerprint density at radius 3 is 2.09 bits per heavy atom. The first kappa shape index (κ1) is 20.2. The molecule has 0 aliphatic carbocycles. The average Bonchev–Trinajstić information content (AvgIpc) is 3.16. The van der Waals surface area contributed by atoms with Gasteiger partial charge in [-0.2, -0.15) is 4.98 Å². The lowest BCUT2D eigenvalue weighted by atomic mass is 10.2. The molecule has 0 saturated heterocycles. The molecule has 0 saturated carbocycles. The minimum Gasteiger partial charge on any atom is -0.508 e. The van der Waals surface area contributed by atoms with Crippen molar-refractivity contribution in [3.8, 4) is 17.2 Å². The number of phenolic OH excluding ortho intramolecular Hbond substituents is 2. The molecule has 0 bridgehead atoms. The summed E-state index contributed by atoms with van der Waals surface area (Å²) in [6, 6.07) is 16.2. The molecule has 0 atom stereocenters. The molecule has 0 amide bonds. The molecule has 0 spiro atoms. The molecule has 2 aromatic heterocycles. The van der Waals surface area contributed by atoms with E-state index in [1.165, 1.54) is 41.2 Å². The minimum absolute atomic E-state index is 0.0753. The summed E-state index contributed by atoms with van der Waals surface area (Å²) in [5, 5.41) is 29.7. The summed E-state index contributed by atoms with van der Waals surface area (Å²) in [5.41, 5.74) is 1.22. The van der Waals surface area contributed by atoms with E-state index in [9.17, 15) is 19.0 Å². The van der Waals surface area contributed by atoms with Gasteiger partial charge in [-0.1, -0.05) is 6.07 Å². The molecule has 2 heterocycles. The van der Waals surface area contributed by atoms with Crippen LogP contribution in [0, 0.1) is 11.6 Å². The number of anilines is 4. The van der Waals surface area contributed by atoms with Gasteiger partial charge >= 0.3 is 0 Å². The van der Waals surface area contributed by atoms with Crippen molar-refractivity contribution in [3.63, 3.8) is 0 Å². The first-order valence-electron chi connectivity index (χ1n) is 9.80. The fraction of sp³-hybridized carbons (Fsp3) is 0. The zero-order chi connectivity index (χ0) is 22.9. The van der Waals surface area contributed by atoms with E-state index in [0.717, 1.165) is 12.1 Å². The van der Waals surface area contributed by atoms with Crippen LogP contribution in [0.1, 0.15) is 0 Å².